The van der Waals surface area contributed by atoms with Crippen LogP contribution in [0.25, 0.3) is 0 Å². The minimum absolute atomic E-state index is 0.159. The van der Waals surface area contributed by atoms with Gasteiger partial charge in [0.05, 0.1) is 17.8 Å². The second-order valence-electron chi connectivity index (χ2n) is 4.25. The Morgan fingerprint density at radius 1 is 1.50 bits per heavy atom. The van der Waals surface area contributed by atoms with E-state index in [1.165, 1.54) is 0 Å². The van der Waals surface area contributed by atoms with Crippen molar-refractivity contribution in [3.8, 4) is 6.07 Å². The van der Waals surface area contributed by atoms with E-state index in [-0.39, 0.29) is 5.92 Å². The van der Waals surface area contributed by atoms with Gasteiger partial charge in [0, 0.05) is 24.2 Å². The third-order valence-corrected chi connectivity index (χ3v) is 3.28. The highest BCUT2D eigenvalue weighted by Gasteiger charge is 2.17. The first-order valence-corrected chi connectivity index (χ1v) is 6.21. The van der Waals surface area contributed by atoms with E-state index in [4.69, 9.17) is 11.6 Å². The van der Waals surface area contributed by atoms with Crippen LogP contribution in [0.3, 0.4) is 0 Å². The summed E-state index contributed by atoms with van der Waals surface area (Å²) >= 11 is 6.04. The Kier molecular flexibility index (Phi) is 3.69. The van der Waals surface area contributed by atoms with E-state index in [1.54, 1.807) is 16.8 Å². The SMILES string of the molecule is CC[C@H](c1cnn(C)c1)c1cc(Cl)ccc1C#N. The maximum Gasteiger partial charge on any atom is 0.0994 e. The molecular weight excluding hydrogens is 246 g/mol. The monoisotopic (exact) mass is 259 g/mol. The van der Waals surface area contributed by atoms with Crippen LogP contribution in [-0.4, -0.2) is 9.78 Å². The average molecular weight is 260 g/mol. The number of halogens is 1. The molecule has 2 aromatic rings. The predicted octanol–water partition coefficient (Wildman–Crippen LogP) is 3.49. The molecule has 0 aliphatic heterocycles. The second kappa shape index (κ2) is 5.24. The summed E-state index contributed by atoms with van der Waals surface area (Å²) < 4.78 is 1.77. The van der Waals surface area contributed by atoms with Gasteiger partial charge in [0.2, 0.25) is 0 Å². The molecule has 1 atom stereocenters. The molecule has 0 saturated heterocycles. The molecular formula is C14H14ClN3. The van der Waals surface area contributed by atoms with Crippen LogP contribution in [0.2, 0.25) is 5.02 Å². The molecule has 0 fully saturated rings. The van der Waals surface area contributed by atoms with E-state index in [0.29, 0.717) is 10.6 Å². The van der Waals surface area contributed by atoms with Gasteiger partial charge in [0.25, 0.3) is 0 Å². The molecule has 0 aliphatic carbocycles. The van der Waals surface area contributed by atoms with Crippen molar-refractivity contribution in [3.05, 3.63) is 52.3 Å². The fourth-order valence-corrected chi connectivity index (χ4v) is 2.36. The van der Waals surface area contributed by atoms with Crippen molar-refractivity contribution in [2.45, 2.75) is 19.3 Å². The summed E-state index contributed by atoms with van der Waals surface area (Å²) in [7, 11) is 1.89. The lowest BCUT2D eigenvalue weighted by Gasteiger charge is -2.15. The normalized spacial score (nSPS) is 12.1. The van der Waals surface area contributed by atoms with Crippen LogP contribution >= 0.6 is 11.6 Å². The number of nitrogens with zero attached hydrogens (tertiary/aromatic N) is 3. The molecule has 1 aromatic carbocycles. The zero-order valence-corrected chi connectivity index (χ0v) is 11.1. The van der Waals surface area contributed by atoms with Crippen LogP contribution in [0.15, 0.2) is 30.6 Å². The molecule has 0 unspecified atom stereocenters. The molecule has 2 rings (SSSR count). The quantitative estimate of drug-likeness (QED) is 0.847. The lowest BCUT2D eigenvalue weighted by atomic mass is 9.88. The third-order valence-electron chi connectivity index (χ3n) is 3.04. The third kappa shape index (κ3) is 2.39. The molecule has 1 aromatic heterocycles. The van der Waals surface area contributed by atoms with Crippen molar-refractivity contribution < 1.29 is 0 Å². The van der Waals surface area contributed by atoms with Crippen LogP contribution < -0.4 is 0 Å². The van der Waals surface area contributed by atoms with Gasteiger partial charge >= 0.3 is 0 Å². The van der Waals surface area contributed by atoms with E-state index in [1.807, 2.05) is 25.5 Å². The molecule has 0 aliphatic rings. The van der Waals surface area contributed by atoms with E-state index in [0.717, 1.165) is 17.5 Å². The van der Waals surface area contributed by atoms with Crippen molar-refractivity contribution in [1.82, 2.24) is 9.78 Å². The van der Waals surface area contributed by atoms with Gasteiger partial charge in [0.1, 0.15) is 0 Å². The highest BCUT2D eigenvalue weighted by molar-refractivity contribution is 6.30. The molecule has 4 heteroatoms. The van der Waals surface area contributed by atoms with Crippen molar-refractivity contribution in [2.24, 2.45) is 7.05 Å². The predicted molar refractivity (Wildman–Crippen MR) is 71.5 cm³/mol. The number of nitriles is 1. The average Bonchev–Trinajstić information content (AvgIpc) is 2.77. The number of hydrogen-bond donors (Lipinski definition) is 0. The topological polar surface area (TPSA) is 41.6 Å². The van der Waals surface area contributed by atoms with Crippen LogP contribution in [0, 0.1) is 11.3 Å². The Morgan fingerprint density at radius 3 is 2.83 bits per heavy atom. The number of aromatic nitrogens is 2. The summed E-state index contributed by atoms with van der Waals surface area (Å²) in [6, 6.07) is 7.63. The Balaban J connectivity index is 2.51. The number of aryl methyl sites for hydroxylation is 1. The fraction of sp³-hybridized carbons (Fsp3) is 0.286. The van der Waals surface area contributed by atoms with Crippen molar-refractivity contribution in [3.63, 3.8) is 0 Å². The zero-order chi connectivity index (χ0) is 13.1. The highest BCUT2D eigenvalue weighted by atomic mass is 35.5. The first kappa shape index (κ1) is 12.7. The Bertz CT molecular complexity index is 595. The van der Waals surface area contributed by atoms with Gasteiger partial charge in [-0.25, -0.2) is 0 Å². The Morgan fingerprint density at radius 2 is 2.28 bits per heavy atom. The van der Waals surface area contributed by atoms with Gasteiger partial charge in [-0.1, -0.05) is 18.5 Å². The molecule has 3 nitrogen and oxygen atoms in total. The largest absolute Gasteiger partial charge is 0.276 e. The lowest BCUT2D eigenvalue weighted by Crippen LogP contribution is -2.01. The summed E-state index contributed by atoms with van der Waals surface area (Å²) in [6.07, 6.45) is 4.73. The summed E-state index contributed by atoms with van der Waals surface area (Å²) in [6.45, 7) is 2.10. The molecule has 0 radical (unpaired) electrons. The molecule has 18 heavy (non-hydrogen) atoms. The van der Waals surface area contributed by atoms with Crippen molar-refractivity contribution in [2.75, 3.05) is 0 Å². The van der Waals surface area contributed by atoms with Crippen LogP contribution in [-0.2, 0) is 7.05 Å². The van der Waals surface area contributed by atoms with Gasteiger partial charge in [-0.2, -0.15) is 10.4 Å². The molecule has 0 N–H and O–H groups in total. The van der Waals surface area contributed by atoms with E-state index < -0.39 is 0 Å². The molecule has 92 valence electrons. The summed E-state index contributed by atoms with van der Waals surface area (Å²) in [5.74, 6) is 0.159. The van der Waals surface area contributed by atoms with E-state index in [9.17, 15) is 5.26 Å². The Hall–Kier alpha value is -1.79. The molecule has 0 spiro atoms. The maximum absolute atomic E-state index is 9.19. The number of rotatable bonds is 3. The standard InChI is InChI=1S/C14H14ClN3/c1-3-13(11-8-17-18(2)9-11)14-6-12(15)5-4-10(14)7-16/h4-6,8-9,13H,3H2,1-2H3/t13-/m1/s1. The fourth-order valence-electron chi connectivity index (χ4n) is 2.18. The van der Waals surface area contributed by atoms with Crippen molar-refractivity contribution in [1.29, 1.82) is 5.26 Å². The minimum Gasteiger partial charge on any atom is -0.276 e. The van der Waals surface area contributed by atoms with Gasteiger partial charge in [0.15, 0.2) is 0 Å². The van der Waals surface area contributed by atoms with Crippen molar-refractivity contribution >= 4 is 11.6 Å². The molecule has 1 heterocycles. The van der Waals surface area contributed by atoms with E-state index >= 15 is 0 Å². The summed E-state index contributed by atoms with van der Waals surface area (Å²) in [5.41, 5.74) is 2.76. The zero-order valence-electron chi connectivity index (χ0n) is 10.4. The first-order valence-electron chi connectivity index (χ1n) is 5.83. The van der Waals surface area contributed by atoms with Gasteiger partial charge in [-0.15, -0.1) is 0 Å². The second-order valence-corrected chi connectivity index (χ2v) is 4.69. The minimum atomic E-state index is 0.159. The maximum atomic E-state index is 9.19. The molecule has 0 amide bonds. The first-order chi connectivity index (χ1) is 8.65. The molecule has 0 saturated carbocycles. The number of benzene rings is 1. The number of hydrogen-bond acceptors (Lipinski definition) is 2. The smallest absolute Gasteiger partial charge is 0.0994 e. The summed E-state index contributed by atoms with van der Waals surface area (Å²) in [5, 5.41) is 14.0. The van der Waals surface area contributed by atoms with Crippen LogP contribution in [0.5, 0.6) is 0 Å². The van der Waals surface area contributed by atoms with Gasteiger partial charge in [-0.3, -0.25) is 4.68 Å². The van der Waals surface area contributed by atoms with Crippen LogP contribution in [0.1, 0.15) is 36.0 Å². The lowest BCUT2D eigenvalue weighted by molar-refractivity contribution is 0.755. The van der Waals surface area contributed by atoms with Gasteiger partial charge < -0.3 is 0 Å². The van der Waals surface area contributed by atoms with Crippen LogP contribution in [0.4, 0.5) is 0 Å². The summed E-state index contributed by atoms with van der Waals surface area (Å²) in [4.78, 5) is 0. The van der Waals surface area contributed by atoms with E-state index in [2.05, 4.69) is 18.1 Å². The Labute approximate surface area is 112 Å². The van der Waals surface area contributed by atoms with Gasteiger partial charge in [-0.05, 0) is 35.7 Å². The highest BCUT2D eigenvalue weighted by Crippen LogP contribution is 2.31. The molecule has 0 bridgehead atoms.